The van der Waals surface area contributed by atoms with Crippen molar-refractivity contribution in [2.75, 3.05) is 0 Å². The lowest BCUT2D eigenvalue weighted by Gasteiger charge is -2.21. The lowest BCUT2D eigenvalue weighted by Crippen LogP contribution is -2.32. The van der Waals surface area contributed by atoms with E-state index in [0.717, 1.165) is 12.8 Å². The normalized spacial score (nSPS) is 62.2. The largest absolute Gasteiger partial charge is 0.390 e. The van der Waals surface area contributed by atoms with Gasteiger partial charge in [-0.1, -0.05) is 15.9 Å². The van der Waals surface area contributed by atoms with Crippen molar-refractivity contribution in [2.24, 2.45) is 11.8 Å². The third kappa shape index (κ3) is 0.977. The maximum atomic E-state index is 9.54. The summed E-state index contributed by atoms with van der Waals surface area (Å²) in [6, 6.07) is 0. The van der Waals surface area contributed by atoms with Gasteiger partial charge >= 0.3 is 0 Å². The van der Waals surface area contributed by atoms with Crippen molar-refractivity contribution in [3.63, 3.8) is 0 Å². The topological polar surface area (TPSA) is 40.5 Å². The number of aliphatic hydroxyl groups excluding tert-OH is 2. The van der Waals surface area contributed by atoms with Crippen molar-refractivity contribution in [3.8, 4) is 0 Å². The van der Waals surface area contributed by atoms with E-state index < -0.39 is 12.2 Å². The zero-order valence-corrected chi connectivity index (χ0v) is 8.08. The highest BCUT2D eigenvalue weighted by atomic mass is 79.9. The Balaban J connectivity index is 2.12. The molecule has 0 spiro atoms. The summed E-state index contributed by atoms with van der Waals surface area (Å²) in [7, 11) is 0. The van der Waals surface area contributed by atoms with Crippen molar-refractivity contribution >= 4 is 15.9 Å². The summed E-state index contributed by atoms with van der Waals surface area (Å²) in [4.78, 5) is 0. The molecular formula is C8H13BrO2. The van der Waals surface area contributed by atoms with Crippen molar-refractivity contribution in [1.82, 2.24) is 0 Å². The second-order valence-corrected chi connectivity index (χ2v) is 5.63. The first-order valence-electron chi connectivity index (χ1n) is 4.10. The predicted molar refractivity (Wildman–Crippen MR) is 45.6 cm³/mol. The van der Waals surface area contributed by atoms with Crippen molar-refractivity contribution in [1.29, 1.82) is 0 Å². The van der Waals surface area contributed by atoms with Gasteiger partial charge in [-0.2, -0.15) is 0 Å². The fraction of sp³-hybridized carbons (Fsp3) is 1.00. The van der Waals surface area contributed by atoms with E-state index in [2.05, 4.69) is 22.9 Å². The predicted octanol–water partition coefficient (Wildman–Crippen LogP) is 0.902. The van der Waals surface area contributed by atoms with Crippen molar-refractivity contribution in [3.05, 3.63) is 0 Å². The molecule has 2 aliphatic rings. The Bertz CT molecular complexity index is 181. The van der Waals surface area contributed by atoms with E-state index >= 15 is 0 Å². The molecule has 2 N–H and O–H groups in total. The highest BCUT2D eigenvalue weighted by molar-refractivity contribution is 9.10. The summed E-state index contributed by atoms with van der Waals surface area (Å²) in [5, 5.41) is 18.9. The molecule has 2 nitrogen and oxygen atoms in total. The minimum absolute atomic E-state index is 0.101. The standard InChI is InChI=1S/C8H13BrO2/c1-8(9)4-2-3-5(10)7(11)6(4)8/h4-7,10-11H,2-3H2,1H3. The molecule has 5 unspecified atom stereocenters. The molecule has 0 aromatic heterocycles. The molecule has 0 aromatic rings. The number of alkyl halides is 1. The van der Waals surface area contributed by atoms with Crippen molar-refractivity contribution in [2.45, 2.75) is 36.3 Å². The fourth-order valence-electron chi connectivity index (χ4n) is 2.40. The minimum atomic E-state index is -0.502. The van der Waals surface area contributed by atoms with Crippen LogP contribution in [0.2, 0.25) is 0 Å². The van der Waals surface area contributed by atoms with Crippen LogP contribution < -0.4 is 0 Å². The van der Waals surface area contributed by atoms with E-state index in [0.29, 0.717) is 5.92 Å². The number of hydrogen-bond acceptors (Lipinski definition) is 2. The Kier molecular flexibility index (Phi) is 1.61. The Morgan fingerprint density at radius 2 is 2.00 bits per heavy atom. The van der Waals surface area contributed by atoms with Crippen LogP contribution in [0.25, 0.3) is 0 Å². The van der Waals surface area contributed by atoms with E-state index in [-0.39, 0.29) is 10.2 Å². The summed E-state index contributed by atoms with van der Waals surface area (Å²) < 4.78 is 0.101. The first-order valence-corrected chi connectivity index (χ1v) is 4.89. The van der Waals surface area contributed by atoms with Gasteiger partial charge in [-0.15, -0.1) is 0 Å². The summed E-state index contributed by atoms with van der Waals surface area (Å²) in [5.41, 5.74) is 0. The first kappa shape index (κ1) is 8.02. The highest BCUT2D eigenvalue weighted by Crippen LogP contribution is 2.63. The van der Waals surface area contributed by atoms with Crippen LogP contribution in [-0.2, 0) is 0 Å². The minimum Gasteiger partial charge on any atom is -0.390 e. The third-order valence-corrected chi connectivity index (χ3v) is 4.35. The maximum Gasteiger partial charge on any atom is 0.0843 e. The second-order valence-electron chi connectivity index (χ2n) is 3.92. The summed E-state index contributed by atoms with van der Waals surface area (Å²) in [5.74, 6) is 0.868. The monoisotopic (exact) mass is 220 g/mol. The molecule has 5 atom stereocenters. The van der Waals surface area contributed by atoms with Crippen LogP contribution >= 0.6 is 15.9 Å². The maximum absolute atomic E-state index is 9.54. The number of halogens is 1. The second kappa shape index (κ2) is 2.21. The van der Waals surface area contributed by atoms with E-state index in [1.807, 2.05) is 0 Å². The zero-order chi connectivity index (χ0) is 8.22. The van der Waals surface area contributed by atoms with Crippen LogP contribution in [0.4, 0.5) is 0 Å². The van der Waals surface area contributed by atoms with E-state index in [1.54, 1.807) is 0 Å². The molecule has 2 fully saturated rings. The van der Waals surface area contributed by atoms with Crippen LogP contribution in [0.3, 0.4) is 0 Å². The quantitative estimate of drug-likeness (QED) is 0.596. The number of fused-ring (bicyclic) bond motifs is 1. The summed E-state index contributed by atoms with van der Waals surface area (Å²) in [6.45, 7) is 2.10. The molecule has 0 amide bonds. The smallest absolute Gasteiger partial charge is 0.0843 e. The highest BCUT2D eigenvalue weighted by Gasteiger charge is 2.65. The zero-order valence-electron chi connectivity index (χ0n) is 6.50. The molecule has 2 rings (SSSR count). The molecule has 0 aliphatic heterocycles. The van der Waals surface area contributed by atoms with Gasteiger partial charge in [0, 0.05) is 10.2 Å². The van der Waals surface area contributed by atoms with Crippen LogP contribution in [0.5, 0.6) is 0 Å². The van der Waals surface area contributed by atoms with E-state index in [9.17, 15) is 10.2 Å². The lowest BCUT2D eigenvalue weighted by molar-refractivity contribution is -0.0178. The molecule has 11 heavy (non-hydrogen) atoms. The average Bonchev–Trinajstić information content (AvgIpc) is 2.46. The molecule has 0 bridgehead atoms. The van der Waals surface area contributed by atoms with Crippen LogP contribution in [0.1, 0.15) is 19.8 Å². The van der Waals surface area contributed by atoms with Crippen molar-refractivity contribution < 1.29 is 10.2 Å². The molecule has 0 heterocycles. The van der Waals surface area contributed by atoms with Gasteiger partial charge in [-0.3, -0.25) is 0 Å². The lowest BCUT2D eigenvalue weighted by atomic mass is 9.95. The average molecular weight is 221 g/mol. The van der Waals surface area contributed by atoms with Crippen LogP contribution in [-0.4, -0.2) is 26.7 Å². The molecule has 0 saturated heterocycles. The Hall–Kier alpha value is 0.400. The Labute approximate surface area is 74.7 Å². The summed E-state index contributed by atoms with van der Waals surface area (Å²) in [6.07, 6.45) is 0.808. The van der Waals surface area contributed by atoms with Gasteiger partial charge in [-0.25, -0.2) is 0 Å². The Morgan fingerprint density at radius 1 is 1.36 bits per heavy atom. The first-order chi connectivity index (χ1) is 5.05. The van der Waals surface area contributed by atoms with Crippen LogP contribution in [0, 0.1) is 11.8 Å². The van der Waals surface area contributed by atoms with Gasteiger partial charge in [0.2, 0.25) is 0 Å². The molecule has 3 heteroatoms. The van der Waals surface area contributed by atoms with Crippen LogP contribution in [0.15, 0.2) is 0 Å². The number of aliphatic hydroxyl groups is 2. The molecule has 0 radical (unpaired) electrons. The van der Waals surface area contributed by atoms with Gasteiger partial charge in [-0.05, 0) is 25.7 Å². The SMILES string of the molecule is CC1(Br)C2CCC(O)C(O)C21. The van der Waals surface area contributed by atoms with Gasteiger partial charge in [0.05, 0.1) is 12.2 Å². The number of rotatable bonds is 0. The Morgan fingerprint density at radius 3 is 2.55 bits per heavy atom. The summed E-state index contributed by atoms with van der Waals surface area (Å²) >= 11 is 3.58. The molecule has 2 saturated carbocycles. The van der Waals surface area contributed by atoms with Gasteiger partial charge in [0.25, 0.3) is 0 Å². The number of hydrogen-bond donors (Lipinski definition) is 2. The van der Waals surface area contributed by atoms with Gasteiger partial charge in [0.1, 0.15) is 0 Å². The van der Waals surface area contributed by atoms with Gasteiger partial charge in [0.15, 0.2) is 0 Å². The van der Waals surface area contributed by atoms with E-state index in [1.165, 1.54) is 0 Å². The fourth-order valence-corrected chi connectivity index (χ4v) is 3.37. The van der Waals surface area contributed by atoms with E-state index in [4.69, 9.17) is 0 Å². The molecule has 64 valence electrons. The molecule has 2 aliphatic carbocycles. The van der Waals surface area contributed by atoms with Gasteiger partial charge < -0.3 is 10.2 Å². The molecular weight excluding hydrogens is 208 g/mol. The molecule has 0 aromatic carbocycles. The third-order valence-electron chi connectivity index (χ3n) is 3.24.